The predicted octanol–water partition coefficient (Wildman–Crippen LogP) is 3.52. The molecule has 0 bridgehead atoms. The number of hydrogen-bond acceptors (Lipinski definition) is 6. The Morgan fingerprint density at radius 2 is 1.81 bits per heavy atom. The van der Waals surface area contributed by atoms with Crippen molar-refractivity contribution >= 4 is 23.5 Å². The van der Waals surface area contributed by atoms with Crippen molar-refractivity contribution < 1.29 is 23.8 Å². The highest BCUT2D eigenvalue weighted by molar-refractivity contribution is 6.26. The zero-order chi connectivity index (χ0) is 19.2. The summed E-state index contributed by atoms with van der Waals surface area (Å²) in [5.74, 6) is -0.444. The average Bonchev–Trinajstić information content (AvgIpc) is 2.98. The molecule has 0 amide bonds. The molecule has 0 fully saturated rings. The van der Waals surface area contributed by atoms with Crippen LogP contribution in [0.15, 0.2) is 71.8 Å². The van der Waals surface area contributed by atoms with Crippen LogP contribution in [0.5, 0.6) is 5.75 Å². The van der Waals surface area contributed by atoms with Crippen LogP contribution in [0.4, 0.5) is 5.69 Å². The molecular weight excluding hydrogens is 346 g/mol. The number of benzene rings is 2. The Hall–Kier alpha value is -3.54. The molecule has 6 nitrogen and oxygen atoms in total. The summed E-state index contributed by atoms with van der Waals surface area (Å²) in [6.07, 6.45) is 1.57. The predicted molar refractivity (Wildman–Crippen MR) is 101 cm³/mol. The molecule has 0 radical (unpaired) electrons. The first-order valence-corrected chi connectivity index (χ1v) is 8.44. The first-order valence-electron chi connectivity index (χ1n) is 8.44. The molecule has 0 saturated carbocycles. The highest BCUT2D eigenvalue weighted by Crippen LogP contribution is 2.29. The lowest BCUT2D eigenvalue weighted by atomic mass is 10.1. The van der Waals surface area contributed by atoms with Gasteiger partial charge in [0, 0.05) is 5.69 Å². The number of rotatable bonds is 6. The fourth-order valence-electron chi connectivity index (χ4n) is 2.51. The summed E-state index contributed by atoms with van der Waals surface area (Å²) in [4.78, 5) is 25.0. The van der Waals surface area contributed by atoms with Gasteiger partial charge in [-0.1, -0.05) is 30.3 Å². The number of allylic oxidation sites excluding steroid dienone is 1. The largest absolute Gasteiger partial charge is 0.497 e. The highest BCUT2D eigenvalue weighted by atomic mass is 16.5. The van der Waals surface area contributed by atoms with Gasteiger partial charge in [-0.15, -0.1) is 0 Å². The summed E-state index contributed by atoms with van der Waals surface area (Å²) >= 11 is 0. The van der Waals surface area contributed by atoms with E-state index in [1.165, 1.54) is 0 Å². The van der Waals surface area contributed by atoms with Gasteiger partial charge < -0.3 is 19.5 Å². The van der Waals surface area contributed by atoms with Crippen molar-refractivity contribution in [2.75, 3.05) is 19.0 Å². The monoisotopic (exact) mass is 365 g/mol. The normalized spacial score (nSPS) is 14.9. The van der Waals surface area contributed by atoms with E-state index in [2.05, 4.69) is 5.32 Å². The first-order chi connectivity index (χ1) is 13.1. The lowest BCUT2D eigenvalue weighted by Crippen LogP contribution is -2.16. The first kappa shape index (κ1) is 18.3. The molecule has 1 aliphatic heterocycles. The highest BCUT2D eigenvalue weighted by Gasteiger charge is 2.36. The number of ether oxygens (including phenoxy) is 3. The van der Waals surface area contributed by atoms with Crippen LogP contribution in [0, 0.1) is 0 Å². The van der Waals surface area contributed by atoms with Gasteiger partial charge in [0.1, 0.15) is 5.75 Å². The molecule has 6 heteroatoms. The van der Waals surface area contributed by atoms with Gasteiger partial charge in [0.05, 0.1) is 13.7 Å². The number of para-hydroxylation sites is 1. The third-order valence-electron chi connectivity index (χ3n) is 3.81. The maximum atomic E-state index is 12.7. The van der Waals surface area contributed by atoms with E-state index in [0.717, 1.165) is 5.56 Å². The van der Waals surface area contributed by atoms with E-state index >= 15 is 0 Å². The second kappa shape index (κ2) is 8.23. The van der Waals surface area contributed by atoms with Gasteiger partial charge in [0.15, 0.2) is 11.3 Å². The van der Waals surface area contributed by atoms with E-state index in [0.29, 0.717) is 11.4 Å². The van der Waals surface area contributed by atoms with E-state index in [9.17, 15) is 9.59 Å². The Labute approximate surface area is 157 Å². The summed E-state index contributed by atoms with van der Waals surface area (Å²) < 4.78 is 15.8. The van der Waals surface area contributed by atoms with Crippen molar-refractivity contribution in [1.82, 2.24) is 0 Å². The lowest BCUT2D eigenvalue weighted by Gasteiger charge is -2.08. The van der Waals surface area contributed by atoms with E-state index in [1.54, 1.807) is 56.5 Å². The summed E-state index contributed by atoms with van der Waals surface area (Å²) in [6.45, 7) is 1.84. The molecule has 138 valence electrons. The van der Waals surface area contributed by atoms with E-state index in [-0.39, 0.29) is 23.8 Å². The number of methoxy groups -OCH3 is 1. The Balaban J connectivity index is 1.91. The molecule has 2 aromatic carbocycles. The fourth-order valence-corrected chi connectivity index (χ4v) is 2.51. The third kappa shape index (κ3) is 4.17. The van der Waals surface area contributed by atoms with Crippen LogP contribution >= 0.6 is 0 Å². The van der Waals surface area contributed by atoms with Crippen LogP contribution in [-0.4, -0.2) is 25.5 Å². The van der Waals surface area contributed by atoms with Crippen molar-refractivity contribution in [3.63, 3.8) is 0 Å². The molecule has 0 unspecified atom stereocenters. The minimum absolute atomic E-state index is 0.0432. The number of esters is 1. The molecule has 1 aliphatic rings. The Morgan fingerprint density at radius 3 is 2.44 bits per heavy atom. The average molecular weight is 365 g/mol. The number of ketones is 1. The van der Waals surface area contributed by atoms with Crippen LogP contribution in [0.2, 0.25) is 0 Å². The van der Waals surface area contributed by atoms with Crippen molar-refractivity contribution in [3.8, 4) is 5.75 Å². The number of carbonyl (C=O) groups is 2. The van der Waals surface area contributed by atoms with Crippen molar-refractivity contribution in [3.05, 3.63) is 77.4 Å². The number of nitrogens with one attached hydrogen (secondary N) is 1. The number of carbonyl (C=O) groups excluding carboxylic acids is 2. The minimum Gasteiger partial charge on any atom is -0.497 e. The SMILES string of the molecule is CCOC(=O)C1=C(Nc2ccccc2)OC(=Cc2ccc(OC)cc2)C1=O. The zero-order valence-electron chi connectivity index (χ0n) is 15.0. The van der Waals surface area contributed by atoms with Gasteiger partial charge in [0.2, 0.25) is 11.7 Å². The van der Waals surface area contributed by atoms with Crippen LogP contribution in [0.25, 0.3) is 6.08 Å². The number of anilines is 1. The molecule has 1 heterocycles. The van der Waals surface area contributed by atoms with Gasteiger partial charge in [-0.2, -0.15) is 0 Å². The standard InChI is InChI=1S/C21H19NO5/c1-3-26-21(24)18-19(23)17(13-14-9-11-16(25-2)12-10-14)27-20(18)22-15-7-5-4-6-8-15/h4-13,22H,3H2,1-2H3. The maximum Gasteiger partial charge on any atom is 0.347 e. The van der Waals surface area contributed by atoms with Crippen molar-refractivity contribution in [2.45, 2.75) is 6.92 Å². The molecule has 0 aromatic heterocycles. The Kier molecular flexibility index (Phi) is 5.56. The second-order valence-electron chi connectivity index (χ2n) is 5.63. The van der Waals surface area contributed by atoms with Gasteiger partial charge in [-0.25, -0.2) is 4.79 Å². The molecule has 0 spiro atoms. The molecule has 0 atom stereocenters. The number of hydrogen-bond donors (Lipinski definition) is 1. The lowest BCUT2D eigenvalue weighted by molar-refractivity contribution is -0.139. The van der Waals surface area contributed by atoms with Gasteiger partial charge >= 0.3 is 5.97 Å². The maximum absolute atomic E-state index is 12.7. The van der Waals surface area contributed by atoms with Gasteiger partial charge in [0.25, 0.3) is 0 Å². The van der Waals surface area contributed by atoms with Crippen LogP contribution in [0.1, 0.15) is 12.5 Å². The Bertz CT molecular complexity index is 898. The molecular formula is C21H19NO5. The van der Waals surface area contributed by atoms with Crippen molar-refractivity contribution in [1.29, 1.82) is 0 Å². The van der Waals surface area contributed by atoms with Crippen molar-refractivity contribution in [2.24, 2.45) is 0 Å². The molecule has 27 heavy (non-hydrogen) atoms. The Morgan fingerprint density at radius 1 is 1.11 bits per heavy atom. The zero-order valence-corrected chi connectivity index (χ0v) is 15.0. The summed E-state index contributed by atoms with van der Waals surface area (Å²) in [5.41, 5.74) is 1.27. The quantitative estimate of drug-likeness (QED) is 0.480. The van der Waals surface area contributed by atoms with E-state index in [4.69, 9.17) is 14.2 Å². The van der Waals surface area contributed by atoms with Crippen LogP contribution in [-0.2, 0) is 19.1 Å². The van der Waals surface area contributed by atoms with Crippen LogP contribution < -0.4 is 10.1 Å². The number of Topliss-reactive ketones (excluding diaryl/α,β-unsaturated/α-hetero) is 1. The smallest absolute Gasteiger partial charge is 0.347 e. The topological polar surface area (TPSA) is 73.9 Å². The summed E-state index contributed by atoms with van der Waals surface area (Å²) in [5, 5.41) is 2.97. The van der Waals surface area contributed by atoms with E-state index in [1.807, 2.05) is 18.2 Å². The fraction of sp³-hybridized carbons (Fsp3) is 0.143. The molecule has 3 rings (SSSR count). The molecule has 1 N–H and O–H groups in total. The summed E-state index contributed by atoms with van der Waals surface area (Å²) in [7, 11) is 1.58. The van der Waals surface area contributed by atoms with Gasteiger partial charge in [-0.3, -0.25) is 4.79 Å². The van der Waals surface area contributed by atoms with Crippen LogP contribution in [0.3, 0.4) is 0 Å². The second-order valence-corrected chi connectivity index (χ2v) is 5.63. The molecule has 0 saturated heterocycles. The minimum atomic E-state index is -0.723. The summed E-state index contributed by atoms with van der Waals surface area (Å²) in [6, 6.07) is 16.2. The third-order valence-corrected chi connectivity index (χ3v) is 3.81. The molecule has 0 aliphatic carbocycles. The molecule has 2 aromatic rings. The van der Waals surface area contributed by atoms with Gasteiger partial charge in [-0.05, 0) is 42.8 Å². The van der Waals surface area contributed by atoms with E-state index < -0.39 is 11.8 Å².